The van der Waals surface area contributed by atoms with Crippen LogP contribution in [0.25, 0.3) is 0 Å². The van der Waals surface area contributed by atoms with Crippen molar-refractivity contribution < 1.29 is 9.47 Å². The van der Waals surface area contributed by atoms with Crippen LogP contribution in [0.4, 0.5) is 0 Å². The van der Waals surface area contributed by atoms with E-state index in [4.69, 9.17) is 9.47 Å². The standard InChI is InChI=1S/C19H30O2/c1-3-5-7-12-16-20-19(15-9-6-4-2)21-17-18-13-10-8-11-14-18/h5,7-8,10-11,13-14,19H,3-4,6,9,12,15-17H2,1-2H3/b7-5-. The number of hydrogen-bond acceptors (Lipinski definition) is 2. The lowest BCUT2D eigenvalue weighted by Crippen LogP contribution is -2.18. The largest absolute Gasteiger partial charge is 0.352 e. The SMILES string of the molecule is CC/C=C\CCOC(CCCCC)OCc1ccccc1. The molecule has 0 amide bonds. The van der Waals surface area contributed by atoms with Crippen LogP contribution in [0.15, 0.2) is 42.5 Å². The number of allylic oxidation sites excluding steroid dienone is 1. The topological polar surface area (TPSA) is 18.5 Å². The molecule has 0 aliphatic rings. The minimum atomic E-state index is -0.0771. The first kappa shape index (κ1) is 17.9. The molecule has 1 atom stereocenters. The van der Waals surface area contributed by atoms with E-state index in [1.807, 2.05) is 18.2 Å². The first-order valence-corrected chi connectivity index (χ1v) is 8.29. The Morgan fingerprint density at radius 1 is 1.00 bits per heavy atom. The van der Waals surface area contributed by atoms with Crippen molar-refractivity contribution in [3.63, 3.8) is 0 Å². The molecule has 0 heterocycles. The molecule has 0 aliphatic carbocycles. The van der Waals surface area contributed by atoms with Crippen molar-refractivity contribution in [3.05, 3.63) is 48.0 Å². The molecule has 0 aliphatic heterocycles. The van der Waals surface area contributed by atoms with Crippen LogP contribution in [0.1, 0.15) is 57.9 Å². The molecule has 0 bridgehead atoms. The van der Waals surface area contributed by atoms with E-state index >= 15 is 0 Å². The Labute approximate surface area is 130 Å². The van der Waals surface area contributed by atoms with Gasteiger partial charge in [0, 0.05) is 0 Å². The van der Waals surface area contributed by atoms with Crippen molar-refractivity contribution in [1.82, 2.24) is 0 Å². The van der Waals surface area contributed by atoms with Gasteiger partial charge in [0.15, 0.2) is 6.29 Å². The average Bonchev–Trinajstić information content (AvgIpc) is 2.53. The first-order valence-electron chi connectivity index (χ1n) is 8.29. The fraction of sp³-hybridized carbons (Fsp3) is 0.579. The van der Waals surface area contributed by atoms with Crippen molar-refractivity contribution >= 4 is 0 Å². The molecule has 0 saturated heterocycles. The molecule has 118 valence electrons. The Morgan fingerprint density at radius 3 is 2.52 bits per heavy atom. The van der Waals surface area contributed by atoms with Crippen molar-refractivity contribution in [2.24, 2.45) is 0 Å². The summed E-state index contributed by atoms with van der Waals surface area (Å²) < 4.78 is 11.8. The molecule has 0 fully saturated rings. The van der Waals surface area contributed by atoms with Crippen LogP contribution in [-0.4, -0.2) is 12.9 Å². The maximum atomic E-state index is 5.93. The summed E-state index contributed by atoms with van der Waals surface area (Å²) in [7, 11) is 0. The van der Waals surface area contributed by atoms with Crippen molar-refractivity contribution in [3.8, 4) is 0 Å². The van der Waals surface area contributed by atoms with Gasteiger partial charge in [-0.15, -0.1) is 0 Å². The maximum Gasteiger partial charge on any atom is 0.158 e. The van der Waals surface area contributed by atoms with Gasteiger partial charge in [0.2, 0.25) is 0 Å². The van der Waals surface area contributed by atoms with Gasteiger partial charge in [-0.1, -0.05) is 69.2 Å². The number of benzene rings is 1. The summed E-state index contributed by atoms with van der Waals surface area (Å²) in [6, 6.07) is 10.3. The summed E-state index contributed by atoms with van der Waals surface area (Å²) in [5.74, 6) is 0. The van der Waals surface area contributed by atoms with E-state index in [2.05, 4.69) is 38.1 Å². The number of unbranched alkanes of at least 4 members (excludes halogenated alkanes) is 2. The Hall–Kier alpha value is -1.12. The highest BCUT2D eigenvalue weighted by Gasteiger charge is 2.09. The van der Waals surface area contributed by atoms with Gasteiger partial charge >= 0.3 is 0 Å². The predicted octanol–water partition coefficient (Wildman–Crippen LogP) is 5.48. The average molecular weight is 290 g/mol. The second-order valence-electron chi connectivity index (χ2n) is 5.26. The summed E-state index contributed by atoms with van der Waals surface area (Å²) in [6.07, 6.45) is 11.0. The van der Waals surface area contributed by atoms with Gasteiger partial charge in [-0.05, 0) is 31.2 Å². The Morgan fingerprint density at radius 2 is 1.81 bits per heavy atom. The minimum Gasteiger partial charge on any atom is -0.352 e. The van der Waals surface area contributed by atoms with E-state index in [-0.39, 0.29) is 6.29 Å². The van der Waals surface area contributed by atoms with Crippen LogP contribution < -0.4 is 0 Å². The smallest absolute Gasteiger partial charge is 0.158 e. The molecule has 1 unspecified atom stereocenters. The Kier molecular flexibility index (Phi) is 10.8. The molecule has 0 N–H and O–H groups in total. The van der Waals surface area contributed by atoms with Gasteiger partial charge in [-0.3, -0.25) is 0 Å². The molecular weight excluding hydrogens is 260 g/mol. The Balaban J connectivity index is 2.30. The molecular formula is C19H30O2. The normalized spacial score (nSPS) is 12.9. The van der Waals surface area contributed by atoms with Crippen LogP contribution in [0.3, 0.4) is 0 Å². The molecule has 1 aromatic carbocycles. The quantitative estimate of drug-likeness (QED) is 0.288. The highest BCUT2D eigenvalue weighted by Crippen LogP contribution is 2.12. The first-order chi connectivity index (χ1) is 10.4. The summed E-state index contributed by atoms with van der Waals surface area (Å²) in [5, 5.41) is 0. The lowest BCUT2D eigenvalue weighted by molar-refractivity contribution is -0.152. The van der Waals surface area contributed by atoms with Crippen LogP contribution >= 0.6 is 0 Å². The second-order valence-corrected chi connectivity index (χ2v) is 5.26. The van der Waals surface area contributed by atoms with E-state index in [1.54, 1.807) is 0 Å². The summed E-state index contributed by atoms with van der Waals surface area (Å²) in [4.78, 5) is 0. The molecule has 0 radical (unpaired) electrons. The number of rotatable bonds is 12. The Bertz CT molecular complexity index is 359. The third kappa shape index (κ3) is 9.43. The van der Waals surface area contributed by atoms with E-state index in [9.17, 15) is 0 Å². The molecule has 1 aromatic rings. The van der Waals surface area contributed by atoms with Gasteiger partial charge < -0.3 is 9.47 Å². The van der Waals surface area contributed by atoms with E-state index in [0.29, 0.717) is 6.61 Å². The van der Waals surface area contributed by atoms with Gasteiger partial charge in [-0.25, -0.2) is 0 Å². The fourth-order valence-corrected chi connectivity index (χ4v) is 2.09. The van der Waals surface area contributed by atoms with Crippen LogP contribution in [-0.2, 0) is 16.1 Å². The molecule has 2 heteroatoms. The highest BCUT2D eigenvalue weighted by atomic mass is 16.7. The zero-order chi connectivity index (χ0) is 15.2. The lowest BCUT2D eigenvalue weighted by Gasteiger charge is -2.18. The zero-order valence-electron chi connectivity index (χ0n) is 13.6. The fourth-order valence-electron chi connectivity index (χ4n) is 2.09. The van der Waals surface area contributed by atoms with Crippen molar-refractivity contribution in [1.29, 1.82) is 0 Å². The van der Waals surface area contributed by atoms with Gasteiger partial charge in [0.1, 0.15) is 0 Å². The number of hydrogen-bond donors (Lipinski definition) is 0. The van der Waals surface area contributed by atoms with E-state index < -0.39 is 0 Å². The molecule has 0 saturated carbocycles. The predicted molar refractivity (Wildman–Crippen MR) is 89.2 cm³/mol. The van der Waals surface area contributed by atoms with Crippen molar-refractivity contribution in [2.45, 2.75) is 65.3 Å². The second kappa shape index (κ2) is 12.6. The highest BCUT2D eigenvalue weighted by molar-refractivity contribution is 5.13. The van der Waals surface area contributed by atoms with Crippen LogP contribution in [0.2, 0.25) is 0 Å². The third-order valence-corrected chi connectivity index (χ3v) is 3.31. The summed E-state index contributed by atoms with van der Waals surface area (Å²) in [6.45, 7) is 5.73. The molecule has 1 rings (SSSR count). The van der Waals surface area contributed by atoms with Gasteiger partial charge in [-0.2, -0.15) is 0 Å². The third-order valence-electron chi connectivity index (χ3n) is 3.31. The molecule has 2 nitrogen and oxygen atoms in total. The van der Waals surface area contributed by atoms with Crippen molar-refractivity contribution in [2.75, 3.05) is 6.61 Å². The maximum absolute atomic E-state index is 5.93. The van der Waals surface area contributed by atoms with Gasteiger partial charge in [0.05, 0.1) is 13.2 Å². The number of ether oxygens (including phenoxy) is 2. The molecule has 21 heavy (non-hydrogen) atoms. The van der Waals surface area contributed by atoms with Gasteiger partial charge in [0.25, 0.3) is 0 Å². The summed E-state index contributed by atoms with van der Waals surface area (Å²) in [5.41, 5.74) is 1.20. The van der Waals surface area contributed by atoms with Crippen LogP contribution in [0.5, 0.6) is 0 Å². The summed E-state index contributed by atoms with van der Waals surface area (Å²) >= 11 is 0. The van der Waals surface area contributed by atoms with Crippen LogP contribution in [0, 0.1) is 0 Å². The molecule has 0 aromatic heterocycles. The lowest BCUT2D eigenvalue weighted by atomic mass is 10.2. The zero-order valence-corrected chi connectivity index (χ0v) is 13.6. The monoisotopic (exact) mass is 290 g/mol. The van der Waals surface area contributed by atoms with E-state index in [1.165, 1.54) is 24.8 Å². The van der Waals surface area contributed by atoms with E-state index in [0.717, 1.165) is 25.9 Å². The minimum absolute atomic E-state index is 0.0771. The molecule has 0 spiro atoms.